The zero-order valence-electron chi connectivity index (χ0n) is 29.1. The molecular weight excluding hydrogens is 682 g/mol. The molecule has 1 fully saturated rings. The summed E-state index contributed by atoms with van der Waals surface area (Å²) < 4.78 is 43.2. The highest BCUT2D eigenvalue weighted by molar-refractivity contribution is 7.99. The Morgan fingerprint density at radius 3 is 1.98 bits per heavy atom. The zero-order chi connectivity index (χ0) is 37.4. The van der Waals surface area contributed by atoms with Crippen molar-refractivity contribution in [3.8, 4) is 0 Å². The summed E-state index contributed by atoms with van der Waals surface area (Å²) in [4.78, 5) is 85.5. The van der Waals surface area contributed by atoms with E-state index < -0.39 is 89.8 Å². The van der Waals surface area contributed by atoms with Crippen LogP contribution in [0.25, 0.3) is 0 Å². The molecule has 16 nitrogen and oxygen atoms in total. The minimum absolute atomic E-state index is 0.0856. The van der Waals surface area contributed by atoms with Crippen LogP contribution in [0.15, 0.2) is 30.3 Å². The Morgan fingerprint density at radius 1 is 0.800 bits per heavy atom. The number of nitrogens with one attached hydrogen (secondary N) is 1. The van der Waals surface area contributed by atoms with E-state index in [1.807, 2.05) is 0 Å². The minimum Gasteiger partial charge on any atom is -0.466 e. The Balaban J connectivity index is 2.06. The van der Waals surface area contributed by atoms with Crippen LogP contribution in [0.3, 0.4) is 0 Å². The van der Waals surface area contributed by atoms with Gasteiger partial charge in [0.2, 0.25) is 0 Å². The molecule has 0 aliphatic carbocycles. The maximum Gasteiger partial charge on any atom is 0.408 e. The van der Waals surface area contributed by atoms with Crippen molar-refractivity contribution in [3.05, 3.63) is 35.9 Å². The molecule has 1 amide bonds. The van der Waals surface area contributed by atoms with Crippen molar-refractivity contribution in [2.24, 2.45) is 0 Å². The molecule has 278 valence electrons. The second-order valence-corrected chi connectivity index (χ2v) is 13.2. The first kappa shape index (κ1) is 41.8. The molecular formula is C33H45NO15S. The molecule has 1 aliphatic heterocycles. The van der Waals surface area contributed by atoms with Gasteiger partial charge in [0.25, 0.3) is 0 Å². The third kappa shape index (κ3) is 15.9. The number of amides is 1. The summed E-state index contributed by atoms with van der Waals surface area (Å²) in [7, 11) is 0. The van der Waals surface area contributed by atoms with E-state index in [0.717, 1.165) is 32.5 Å². The van der Waals surface area contributed by atoms with Crippen molar-refractivity contribution in [3.63, 3.8) is 0 Å². The summed E-state index contributed by atoms with van der Waals surface area (Å²) in [6, 6.07) is 7.44. The zero-order valence-corrected chi connectivity index (χ0v) is 29.9. The number of thioether (sulfide) groups is 1. The molecule has 1 N–H and O–H groups in total. The number of hydrogen-bond acceptors (Lipinski definition) is 16. The van der Waals surface area contributed by atoms with E-state index in [1.54, 1.807) is 51.1 Å². The highest BCUT2D eigenvalue weighted by atomic mass is 32.2. The van der Waals surface area contributed by atoms with Gasteiger partial charge < -0.3 is 43.2 Å². The van der Waals surface area contributed by atoms with Crippen molar-refractivity contribution in [2.75, 3.05) is 19.0 Å². The first-order valence-electron chi connectivity index (χ1n) is 15.7. The van der Waals surface area contributed by atoms with E-state index in [1.165, 1.54) is 6.92 Å². The number of benzene rings is 1. The molecule has 0 radical (unpaired) electrons. The van der Waals surface area contributed by atoms with E-state index in [2.05, 4.69) is 5.32 Å². The van der Waals surface area contributed by atoms with Crippen LogP contribution in [0.4, 0.5) is 4.79 Å². The molecule has 2 rings (SSSR count). The van der Waals surface area contributed by atoms with Gasteiger partial charge in [0.05, 0.1) is 13.0 Å². The smallest absolute Gasteiger partial charge is 0.408 e. The first-order valence-corrected chi connectivity index (χ1v) is 16.8. The quantitative estimate of drug-likeness (QED) is 0.148. The fourth-order valence-corrected chi connectivity index (χ4v) is 5.60. The standard InChI is InChI=1S/C33H45NO15S/c1-19(35)43-18-25-27(45-20(2)36)28(46-21(3)37)29(47-22(4)38)31(48-25)50-15-11-14-42-26(39)16-24(34-32(41)49-33(5,6)7)30(40)44-17-23-12-9-8-10-13-23/h8-10,12-13,24-25,27-29,31H,11,14-18H2,1-7H3,(H,34,41)/t24-,25+,27+,28-,29+,31-/m0/s1. The maximum atomic E-state index is 12.9. The van der Waals surface area contributed by atoms with Crippen molar-refractivity contribution in [2.45, 2.75) is 109 Å². The lowest BCUT2D eigenvalue weighted by Crippen LogP contribution is -2.61. The summed E-state index contributed by atoms with van der Waals surface area (Å²) >= 11 is 1.12. The Labute approximate surface area is 294 Å². The lowest BCUT2D eigenvalue weighted by Gasteiger charge is -2.44. The molecule has 6 atom stereocenters. The lowest BCUT2D eigenvalue weighted by atomic mass is 9.99. The summed E-state index contributed by atoms with van der Waals surface area (Å²) in [6.07, 6.45) is -6.13. The van der Waals surface area contributed by atoms with Crippen molar-refractivity contribution < 1.29 is 71.5 Å². The molecule has 0 spiro atoms. The monoisotopic (exact) mass is 727 g/mol. The molecule has 1 aliphatic rings. The molecule has 0 bridgehead atoms. The Morgan fingerprint density at radius 2 is 1.40 bits per heavy atom. The minimum atomic E-state index is -1.40. The largest absolute Gasteiger partial charge is 0.466 e. The molecule has 1 heterocycles. The van der Waals surface area contributed by atoms with Gasteiger partial charge in [-0.15, -0.1) is 11.8 Å². The molecule has 1 aromatic carbocycles. The van der Waals surface area contributed by atoms with Gasteiger partial charge in [0.1, 0.15) is 36.4 Å². The Bertz CT molecular complexity index is 1330. The van der Waals surface area contributed by atoms with Crippen LogP contribution in [0.5, 0.6) is 0 Å². The molecule has 1 aromatic rings. The third-order valence-corrected chi connectivity index (χ3v) is 7.58. The van der Waals surface area contributed by atoms with Crippen LogP contribution in [0.1, 0.15) is 66.9 Å². The third-order valence-electron chi connectivity index (χ3n) is 6.35. The maximum absolute atomic E-state index is 12.9. The van der Waals surface area contributed by atoms with Gasteiger partial charge >= 0.3 is 41.9 Å². The first-order chi connectivity index (χ1) is 23.4. The summed E-state index contributed by atoms with van der Waals surface area (Å²) in [5.74, 6) is -4.29. The topological polar surface area (TPSA) is 205 Å². The Kier molecular flexibility index (Phi) is 17.0. The second kappa shape index (κ2) is 20.3. The van der Waals surface area contributed by atoms with Crippen LogP contribution in [-0.2, 0) is 73.3 Å². The van der Waals surface area contributed by atoms with Crippen LogP contribution >= 0.6 is 11.8 Å². The number of carbonyl (C=O) groups excluding carboxylic acids is 7. The highest BCUT2D eigenvalue weighted by Crippen LogP contribution is 2.34. The van der Waals surface area contributed by atoms with Gasteiger partial charge in [-0.05, 0) is 38.5 Å². The number of ether oxygens (including phenoxy) is 8. The summed E-state index contributed by atoms with van der Waals surface area (Å²) in [5.41, 5.74) is -1.15. The van der Waals surface area contributed by atoms with E-state index >= 15 is 0 Å². The predicted molar refractivity (Wildman–Crippen MR) is 174 cm³/mol. The number of alkyl carbamates (subject to hydrolysis) is 1. The van der Waals surface area contributed by atoms with Crippen LogP contribution in [-0.4, -0.2) is 102 Å². The second-order valence-electron chi connectivity index (χ2n) is 12.0. The molecule has 1 saturated heterocycles. The van der Waals surface area contributed by atoms with Gasteiger partial charge in [0.15, 0.2) is 18.3 Å². The fourth-order valence-electron chi connectivity index (χ4n) is 4.47. The van der Waals surface area contributed by atoms with Gasteiger partial charge in [0, 0.05) is 27.7 Å². The predicted octanol–water partition coefficient (Wildman–Crippen LogP) is 2.76. The lowest BCUT2D eigenvalue weighted by molar-refractivity contribution is -0.237. The fraction of sp³-hybridized carbons (Fsp3) is 0.606. The average Bonchev–Trinajstić information content (AvgIpc) is 3.00. The SMILES string of the molecule is CC(=O)OC[C@H]1O[C@@H](SCCCOC(=O)C[C@H](NC(=O)OC(C)(C)C)C(=O)OCc2ccccc2)[C@H](OC(C)=O)[C@@H](OC(C)=O)[C@@H]1OC(C)=O. The van der Waals surface area contributed by atoms with Crippen molar-refractivity contribution >= 4 is 53.7 Å². The molecule has 50 heavy (non-hydrogen) atoms. The van der Waals surface area contributed by atoms with E-state index in [9.17, 15) is 33.6 Å². The van der Waals surface area contributed by atoms with Crippen LogP contribution < -0.4 is 5.32 Å². The number of esters is 6. The molecule has 17 heteroatoms. The average molecular weight is 728 g/mol. The van der Waals surface area contributed by atoms with Crippen molar-refractivity contribution in [1.82, 2.24) is 5.32 Å². The van der Waals surface area contributed by atoms with Crippen molar-refractivity contribution in [1.29, 1.82) is 0 Å². The van der Waals surface area contributed by atoms with Gasteiger partial charge in [-0.25, -0.2) is 9.59 Å². The van der Waals surface area contributed by atoms with Gasteiger partial charge in [-0.3, -0.25) is 24.0 Å². The Hall–Kier alpha value is -4.38. The van der Waals surface area contributed by atoms with Crippen LogP contribution in [0.2, 0.25) is 0 Å². The van der Waals surface area contributed by atoms with E-state index in [0.29, 0.717) is 5.56 Å². The highest BCUT2D eigenvalue weighted by Gasteiger charge is 2.52. The molecule has 0 saturated carbocycles. The van der Waals surface area contributed by atoms with E-state index in [4.69, 9.17) is 37.9 Å². The summed E-state index contributed by atoms with van der Waals surface area (Å²) in [6.45, 7) is 8.92. The molecule has 0 unspecified atom stereocenters. The summed E-state index contributed by atoms with van der Waals surface area (Å²) in [5, 5.41) is 2.36. The number of rotatable bonds is 16. The normalized spacial score (nSPS) is 20.7. The van der Waals surface area contributed by atoms with Gasteiger partial charge in [-0.1, -0.05) is 30.3 Å². The van der Waals surface area contributed by atoms with Crippen LogP contribution in [0, 0.1) is 0 Å². The molecule has 0 aromatic heterocycles. The number of carbonyl (C=O) groups is 7. The number of hydrogen-bond donors (Lipinski definition) is 1. The van der Waals surface area contributed by atoms with E-state index in [-0.39, 0.29) is 32.0 Å². The van der Waals surface area contributed by atoms with Gasteiger partial charge in [-0.2, -0.15) is 0 Å².